The molecule has 102 valence electrons. The van der Waals surface area contributed by atoms with Gasteiger partial charge in [0.2, 0.25) is 0 Å². The molecular formula is C15H18O3Se. The summed E-state index contributed by atoms with van der Waals surface area (Å²) in [5.41, 5.74) is 0. The summed E-state index contributed by atoms with van der Waals surface area (Å²) in [4.78, 5) is 11.0. The predicted molar refractivity (Wildman–Crippen MR) is 76.7 cm³/mol. The number of rotatable bonds is 7. The van der Waals surface area contributed by atoms with Gasteiger partial charge in [-0.15, -0.1) is 0 Å². The van der Waals surface area contributed by atoms with Gasteiger partial charge in [0.05, 0.1) is 0 Å². The Bertz CT molecular complexity index is 477. The van der Waals surface area contributed by atoms with E-state index in [1.165, 1.54) is 7.11 Å². The van der Waals surface area contributed by atoms with Crippen LogP contribution in [0.2, 0.25) is 0 Å². The first-order valence-corrected chi connectivity index (χ1v) is 8.46. The van der Waals surface area contributed by atoms with E-state index in [0.717, 1.165) is 8.93 Å². The molecule has 1 unspecified atom stereocenters. The molecule has 0 aliphatic rings. The van der Waals surface area contributed by atoms with E-state index in [2.05, 4.69) is 11.3 Å². The maximum atomic E-state index is 12.3. The van der Waals surface area contributed by atoms with Crippen LogP contribution < -0.4 is 4.46 Å². The number of hydrogen-bond donors (Lipinski definition) is 0. The minimum atomic E-state index is -2.23. The van der Waals surface area contributed by atoms with Crippen LogP contribution >= 0.6 is 0 Å². The zero-order valence-electron chi connectivity index (χ0n) is 11.0. The van der Waals surface area contributed by atoms with Gasteiger partial charge in [-0.3, -0.25) is 0 Å². The molecule has 0 radical (unpaired) electrons. The molecule has 0 fully saturated rings. The van der Waals surface area contributed by atoms with E-state index in [9.17, 15) is 8.63 Å². The van der Waals surface area contributed by atoms with Crippen LogP contribution in [0.5, 0.6) is 0 Å². The van der Waals surface area contributed by atoms with E-state index < -0.39 is 13.8 Å². The average molecular weight is 325 g/mol. The third-order valence-electron chi connectivity index (χ3n) is 2.53. The van der Waals surface area contributed by atoms with Crippen molar-refractivity contribution in [3.05, 3.63) is 53.5 Å². The Labute approximate surface area is 118 Å². The zero-order chi connectivity index (χ0) is 14.1. The number of esters is 1. The minimum absolute atomic E-state index is 0.216. The molecule has 3 nitrogen and oxygen atoms in total. The fourth-order valence-corrected chi connectivity index (χ4v) is 3.81. The Morgan fingerprint density at radius 3 is 2.63 bits per heavy atom. The van der Waals surface area contributed by atoms with Crippen LogP contribution in [0.1, 0.15) is 19.3 Å². The van der Waals surface area contributed by atoms with Crippen LogP contribution in [0.4, 0.5) is 0 Å². The van der Waals surface area contributed by atoms with Crippen molar-refractivity contribution in [2.45, 2.75) is 19.3 Å². The third-order valence-corrected chi connectivity index (χ3v) is 5.60. The predicted octanol–water partition coefficient (Wildman–Crippen LogP) is 2.31. The molecule has 0 N–H and O–H groups in total. The molecule has 1 rings (SSSR count). The molecule has 0 heterocycles. The van der Waals surface area contributed by atoms with Gasteiger partial charge in [-0.25, -0.2) is 0 Å². The zero-order valence-corrected chi connectivity index (χ0v) is 12.7. The summed E-state index contributed by atoms with van der Waals surface area (Å²) in [7, 11) is 1.38. The van der Waals surface area contributed by atoms with Gasteiger partial charge in [-0.1, -0.05) is 0 Å². The molecule has 0 aromatic heterocycles. The summed E-state index contributed by atoms with van der Waals surface area (Å²) in [6.07, 6.45) is 5.32. The van der Waals surface area contributed by atoms with Crippen molar-refractivity contribution in [2.24, 2.45) is 0 Å². The second-order valence-electron chi connectivity index (χ2n) is 3.86. The van der Waals surface area contributed by atoms with E-state index in [-0.39, 0.29) is 5.97 Å². The molecule has 0 bridgehead atoms. The molecule has 0 saturated carbocycles. The number of methoxy groups -OCH3 is 1. The molecular weight excluding hydrogens is 307 g/mol. The van der Waals surface area contributed by atoms with Crippen LogP contribution in [-0.2, 0) is 13.4 Å². The van der Waals surface area contributed by atoms with Crippen molar-refractivity contribution in [3.8, 4) is 0 Å². The summed E-state index contributed by atoms with van der Waals surface area (Å²) in [5, 5.41) is 0. The van der Waals surface area contributed by atoms with Gasteiger partial charge in [0.1, 0.15) is 0 Å². The van der Waals surface area contributed by atoms with Crippen molar-refractivity contribution in [1.82, 2.24) is 0 Å². The van der Waals surface area contributed by atoms with E-state index in [1.807, 2.05) is 36.4 Å². The first kappa shape index (κ1) is 15.5. The first-order chi connectivity index (χ1) is 9.19. The summed E-state index contributed by atoms with van der Waals surface area (Å²) < 4.78 is 18.5. The van der Waals surface area contributed by atoms with Crippen molar-refractivity contribution in [2.75, 3.05) is 7.11 Å². The van der Waals surface area contributed by atoms with Crippen molar-refractivity contribution in [1.29, 1.82) is 0 Å². The molecule has 0 aliphatic carbocycles. The normalized spacial score (nSPS) is 12.8. The van der Waals surface area contributed by atoms with Crippen molar-refractivity contribution < 1.29 is 13.4 Å². The molecule has 1 aromatic carbocycles. The molecule has 0 saturated heterocycles. The Kier molecular flexibility index (Phi) is 7.01. The van der Waals surface area contributed by atoms with Gasteiger partial charge in [-0.2, -0.15) is 0 Å². The van der Waals surface area contributed by atoms with Crippen LogP contribution in [0.15, 0.2) is 53.5 Å². The Balaban J connectivity index is 2.60. The molecule has 0 aliphatic heterocycles. The Morgan fingerprint density at radius 2 is 2.05 bits per heavy atom. The number of benzene rings is 1. The monoisotopic (exact) mass is 326 g/mol. The number of hydrogen-bond acceptors (Lipinski definition) is 3. The summed E-state index contributed by atoms with van der Waals surface area (Å²) in [6.45, 7) is 3.71. The summed E-state index contributed by atoms with van der Waals surface area (Å²) >= 11 is -2.23. The van der Waals surface area contributed by atoms with Crippen LogP contribution in [0.25, 0.3) is 0 Å². The molecule has 0 spiro atoms. The van der Waals surface area contributed by atoms with E-state index >= 15 is 0 Å². The number of unbranched alkanes of at least 4 members (excludes halogenated alkanes) is 1. The second-order valence-corrected chi connectivity index (χ2v) is 6.97. The van der Waals surface area contributed by atoms with E-state index in [1.54, 1.807) is 6.08 Å². The van der Waals surface area contributed by atoms with Gasteiger partial charge in [0, 0.05) is 0 Å². The van der Waals surface area contributed by atoms with Gasteiger partial charge in [-0.05, 0) is 0 Å². The van der Waals surface area contributed by atoms with Crippen molar-refractivity contribution in [3.63, 3.8) is 0 Å². The second kappa shape index (κ2) is 8.57. The van der Waals surface area contributed by atoms with E-state index in [4.69, 9.17) is 0 Å². The Hall–Kier alpha value is -1.51. The number of ether oxygens (including phenoxy) is 1. The average Bonchev–Trinajstić information content (AvgIpc) is 2.47. The van der Waals surface area contributed by atoms with Gasteiger partial charge >= 0.3 is 118 Å². The first-order valence-electron chi connectivity index (χ1n) is 6.05. The third kappa shape index (κ3) is 5.33. The standard InChI is InChI=1S/C15H18O3Se/c1-3-13(9-7-8-12-15(16)18-2)19(17)14-10-5-4-6-11-14/h3-6,9-11H,1,7-8,12H2,2H3/b13-9-. The molecule has 1 atom stereocenters. The Morgan fingerprint density at radius 1 is 1.37 bits per heavy atom. The molecule has 1 aromatic rings. The maximum absolute atomic E-state index is 12.3. The fraction of sp³-hybridized carbons (Fsp3) is 0.267. The number of carbonyl (C=O) groups excluding carboxylic acids is 1. The van der Waals surface area contributed by atoms with Gasteiger partial charge in [0.25, 0.3) is 0 Å². The summed E-state index contributed by atoms with van der Waals surface area (Å²) in [6, 6.07) is 9.38. The topological polar surface area (TPSA) is 43.4 Å². The molecule has 4 heteroatoms. The molecule has 19 heavy (non-hydrogen) atoms. The van der Waals surface area contributed by atoms with E-state index in [0.29, 0.717) is 19.3 Å². The van der Waals surface area contributed by atoms with Crippen LogP contribution in [0, 0.1) is 0 Å². The SMILES string of the molecule is C=C/C(=C/CCCC(=O)OC)[Se](=O)c1ccccc1. The van der Waals surface area contributed by atoms with Gasteiger partial charge < -0.3 is 0 Å². The summed E-state index contributed by atoms with van der Waals surface area (Å²) in [5.74, 6) is -0.216. The number of carbonyl (C=O) groups is 1. The van der Waals surface area contributed by atoms with Crippen LogP contribution in [-0.4, -0.2) is 26.9 Å². The van der Waals surface area contributed by atoms with Gasteiger partial charge in [0.15, 0.2) is 0 Å². The van der Waals surface area contributed by atoms with Crippen LogP contribution in [0.3, 0.4) is 0 Å². The van der Waals surface area contributed by atoms with Crippen molar-refractivity contribution >= 4 is 24.3 Å². The molecule has 0 amide bonds. The number of allylic oxidation sites excluding steroid dienone is 3. The fourth-order valence-electron chi connectivity index (χ4n) is 1.51. The quantitative estimate of drug-likeness (QED) is 0.334.